The number of carboxylic acid groups (broad SMARTS) is 1. The number of nitrogen functional groups attached to an aromatic ring is 1. The van der Waals surface area contributed by atoms with Crippen molar-refractivity contribution < 1.29 is 9.90 Å². The fourth-order valence-electron chi connectivity index (χ4n) is 1.23. The molecule has 2 aromatic rings. The standard InChI is InChI=1S/C9H8N4O2/c10-7-5-6(9(14)15)1-2-8(7)13-4-3-11-12-13/h1-5H,10H2,(H,14,15). The van der Waals surface area contributed by atoms with Crippen molar-refractivity contribution in [3.63, 3.8) is 0 Å². The third-order valence-corrected chi connectivity index (χ3v) is 1.94. The third-order valence-electron chi connectivity index (χ3n) is 1.94. The Morgan fingerprint density at radius 3 is 2.80 bits per heavy atom. The van der Waals surface area contributed by atoms with Crippen LogP contribution in [0.3, 0.4) is 0 Å². The Labute approximate surface area is 84.9 Å². The van der Waals surface area contributed by atoms with Crippen molar-refractivity contribution in [1.82, 2.24) is 15.0 Å². The van der Waals surface area contributed by atoms with Gasteiger partial charge in [-0.1, -0.05) is 5.21 Å². The molecule has 1 aromatic carbocycles. The van der Waals surface area contributed by atoms with Crippen molar-refractivity contribution in [3.05, 3.63) is 36.2 Å². The Bertz CT molecular complexity index is 493. The van der Waals surface area contributed by atoms with Crippen LogP contribution in [0.25, 0.3) is 5.69 Å². The van der Waals surface area contributed by atoms with E-state index in [-0.39, 0.29) is 5.56 Å². The minimum atomic E-state index is -1.01. The number of nitrogens with two attached hydrogens (primary N) is 1. The Hall–Kier alpha value is -2.37. The van der Waals surface area contributed by atoms with E-state index in [1.54, 1.807) is 12.3 Å². The lowest BCUT2D eigenvalue weighted by Crippen LogP contribution is -2.04. The largest absolute Gasteiger partial charge is 0.478 e. The van der Waals surface area contributed by atoms with Gasteiger partial charge in [0.25, 0.3) is 0 Å². The van der Waals surface area contributed by atoms with Crippen molar-refractivity contribution in [2.24, 2.45) is 0 Å². The first-order valence-corrected chi connectivity index (χ1v) is 4.18. The van der Waals surface area contributed by atoms with E-state index in [1.807, 2.05) is 0 Å². The van der Waals surface area contributed by atoms with Crippen molar-refractivity contribution in [2.75, 3.05) is 5.73 Å². The predicted molar refractivity (Wildman–Crippen MR) is 52.7 cm³/mol. The molecule has 1 heterocycles. The van der Waals surface area contributed by atoms with E-state index in [0.29, 0.717) is 11.4 Å². The van der Waals surface area contributed by atoms with Gasteiger partial charge in [-0.15, -0.1) is 5.10 Å². The summed E-state index contributed by atoms with van der Waals surface area (Å²) in [7, 11) is 0. The van der Waals surface area contributed by atoms with Crippen LogP contribution in [0.2, 0.25) is 0 Å². The summed E-state index contributed by atoms with van der Waals surface area (Å²) in [6.45, 7) is 0. The fourth-order valence-corrected chi connectivity index (χ4v) is 1.23. The summed E-state index contributed by atoms with van der Waals surface area (Å²) in [4.78, 5) is 10.7. The van der Waals surface area contributed by atoms with Gasteiger partial charge in [-0.3, -0.25) is 0 Å². The van der Waals surface area contributed by atoms with E-state index in [0.717, 1.165) is 0 Å². The zero-order chi connectivity index (χ0) is 10.8. The highest BCUT2D eigenvalue weighted by Gasteiger charge is 2.07. The summed E-state index contributed by atoms with van der Waals surface area (Å²) in [6.07, 6.45) is 3.15. The Morgan fingerprint density at radius 1 is 1.47 bits per heavy atom. The normalized spacial score (nSPS) is 10.1. The molecule has 0 aliphatic heterocycles. The second-order valence-electron chi connectivity index (χ2n) is 2.93. The van der Waals surface area contributed by atoms with E-state index in [4.69, 9.17) is 10.8 Å². The molecule has 0 atom stereocenters. The molecule has 3 N–H and O–H groups in total. The van der Waals surface area contributed by atoms with E-state index >= 15 is 0 Å². The maximum absolute atomic E-state index is 10.7. The first kappa shape index (κ1) is 9.20. The zero-order valence-corrected chi connectivity index (χ0v) is 7.66. The highest BCUT2D eigenvalue weighted by molar-refractivity contribution is 5.89. The summed E-state index contributed by atoms with van der Waals surface area (Å²) in [5.74, 6) is -1.01. The van der Waals surface area contributed by atoms with Gasteiger partial charge in [0.15, 0.2) is 0 Å². The number of carbonyl (C=O) groups is 1. The van der Waals surface area contributed by atoms with Crippen LogP contribution in [0.1, 0.15) is 10.4 Å². The summed E-state index contributed by atoms with van der Waals surface area (Å²) < 4.78 is 1.47. The zero-order valence-electron chi connectivity index (χ0n) is 7.66. The van der Waals surface area contributed by atoms with Crippen molar-refractivity contribution in [2.45, 2.75) is 0 Å². The maximum atomic E-state index is 10.7. The highest BCUT2D eigenvalue weighted by atomic mass is 16.4. The Balaban J connectivity index is 2.48. The molecule has 0 bridgehead atoms. The lowest BCUT2D eigenvalue weighted by Gasteiger charge is -2.05. The molecule has 0 aliphatic rings. The fraction of sp³-hybridized carbons (Fsp3) is 0. The molecule has 0 amide bonds. The van der Waals surface area contributed by atoms with Gasteiger partial charge in [-0.25, -0.2) is 9.48 Å². The molecule has 6 nitrogen and oxygen atoms in total. The van der Waals surface area contributed by atoms with Gasteiger partial charge in [0, 0.05) is 0 Å². The number of hydrogen-bond acceptors (Lipinski definition) is 4. The summed E-state index contributed by atoms with van der Waals surface area (Å²) in [5, 5.41) is 16.1. The van der Waals surface area contributed by atoms with E-state index in [9.17, 15) is 4.79 Å². The molecule has 0 radical (unpaired) electrons. The van der Waals surface area contributed by atoms with Gasteiger partial charge >= 0.3 is 5.97 Å². The molecule has 0 fully saturated rings. The van der Waals surface area contributed by atoms with Gasteiger partial charge < -0.3 is 10.8 Å². The van der Waals surface area contributed by atoms with Crippen LogP contribution < -0.4 is 5.73 Å². The Kier molecular flexibility index (Phi) is 2.09. The number of rotatable bonds is 2. The highest BCUT2D eigenvalue weighted by Crippen LogP contribution is 2.17. The number of benzene rings is 1. The molecular formula is C9H8N4O2. The SMILES string of the molecule is Nc1cc(C(=O)O)ccc1-n1ccnn1. The molecule has 0 aliphatic carbocycles. The molecule has 0 saturated heterocycles. The first-order chi connectivity index (χ1) is 7.18. The van der Waals surface area contributed by atoms with Gasteiger partial charge in [-0.05, 0) is 18.2 Å². The monoisotopic (exact) mass is 204 g/mol. The average molecular weight is 204 g/mol. The third kappa shape index (κ3) is 1.64. The van der Waals surface area contributed by atoms with E-state index in [2.05, 4.69) is 10.3 Å². The summed E-state index contributed by atoms with van der Waals surface area (Å²) in [5.41, 5.74) is 6.80. The van der Waals surface area contributed by atoms with Crippen LogP contribution in [0.4, 0.5) is 5.69 Å². The topological polar surface area (TPSA) is 94.0 Å². The number of aromatic nitrogens is 3. The number of anilines is 1. The van der Waals surface area contributed by atoms with Crippen LogP contribution in [-0.4, -0.2) is 26.1 Å². The number of nitrogens with zero attached hydrogens (tertiary/aromatic N) is 3. The van der Waals surface area contributed by atoms with Crippen LogP contribution in [-0.2, 0) is 0 Å². The predicted octanol–water partition coefficient (Wildman–Crippen LogP) is 0.548. The van der Waals surface area contributed by atoms with Crippen LogP contribution in [0, 0.1) is 0 Å². The molecule has 0 unspecified atom stereocenters. The Morgan fingerprint density at radius 2 is 2.27 bits per heavy atom. The molecule has 0 saturated carbocycles. The van der Waals surface area contributed by atoms with Gasteiger partial charge in [0.1, 0.15) is 0 Å². The molecule has 2 rings (SSSR count). The molecule has 15 heavy (non-hydrogen) atoms. The number of hydrogen-bond donors (Lipinski definition) is 2. The maximum Gasteiger partial charge on any atom is 0.335 e. The van der Waals surface area contributed by atoms with Gasteiger partial charge in [0.2, 0.25) is 0 Å². The quantitative estimate of drug-likeness (QED) is 0.696. The molecule has 0 spiro atoms. The number of carboxylic acids is 1. The molecular weight excluding hydrogens is 196 g/mol. The van der Waals surface area contributed by atoms with Crippen molar-refractivity contribution in [1.29, 1.82) is 0 Å². The summed E-state index contributed by atoms with van der Waals surface area (Å²) >= 11 is 0. The minimum absolute atomic E-state index is 0.149. The minimum Gasteiger partial charge on any atom is -0.478 e. The van der Waals surface area contributed by atoms with Crippen LogP contribution >= 0.6 is 0 Å². The van der Waals surface area contributed by atoms with Crippen molar-refractivity contribution >= 4 is 11.7 Å². The van der Waals surface area contributed by atoms with Crippen molar-refractivity contribution in [3.8, 4) is 5.69 Å². The first-order valence-electron chi connectivity index (χ1n) is 4.18. The summed E-state index contributed by atoms with van der Waals surface area (Å²) in [6, 6.07) is 4.45. The molecule has 6 heteroatoms. The van der Waals surface area contributed by atoms with Crippen LogP contribution in [0.5, 0.6) is 0 Å². The lowest BCUT2D eigenvalue weighted by atomic mass is 10.2. The second kappa shape index (κ2) is 3.41. The van der Waals surface area contributed by atoms with Gasteiger partial charge in [-0.2, -0.15) is 0 Å². The smallest absolute Gasteiger partial charge is 0.335 e. The van der Waals surface area contributed by atoms with E-state index < -0.39 is 5.97 Å². The van der Waals surface area contributed by atoms with E-state index in [1.165, 1.54) is 23.0 Å². The van der Waals surface area contributed by atoms with Crippen LogP contribution in [0.15, 0.2) is 30.6 Å². The average Bonchev–Trinajstić information content (AvgIpc) is 2.70. The second-order valence-corrected chi connectivity index (χ2v) is 2.93. The molecule has 76 valence electrons. The molecule has 1 aromatic heterocycles. The number of aromatic carboxylic acids is 1. The lowest BCUT2D eigenvalue weighted by molar-refractivity contribution is 0.0697. The van der Waals surface area contributed by atoms with Gasteiger partial charge in [0.05, 0.1) is 29.3 Å².